The van der Waals surface area contributed by atoms with Gasteiger partial charge in [-0.05, 0) is 79.3 Å². The molecule has 0 saturated carbocycles. The number of aromatic nitrogens is 3. The summed E-state index contributed by atoms with van der Waals surface area (Å²) in [6.07, 6.45) is 0.796. The fraction of sp³-hybridized carbons (Fsp3) is 0.310. The minimum absolute atomic E-state index is 0.121. The maximum Gasteiger partial charge on any atom is 0.249 e. The maximum absolute atomic E-state index is 14.0. The number of anilines is 1. The molecular formula is C29H32FN5O2. The van der Waals surface area contributed by atoms with Crippen LogP contribution in [0.3, 0.4) is 0 Å². The number of halogens is 1. The summed E-state index contributed by atoms with van der Waals surface area (Å²) >= 11 is 0. The lowest BCUT2D eigenvalue weighted by Gasteiger charge is -2.32. The first-order valence-electron chi connectivity index (χ1n) is 12.5. The van der Waals surface area contributed by atoms with Gasteiger partial charge >= 0.3 is 0 Å². The van der Waals surface area contributed by atoms with Gasteiger partial charge in [0.05, 0.1) is 5.52 Å². The summed E-state index contributed by atoms with van der Waals surface area (Å²) in [6, 6.07) is 17.7. The van der Waals surface area contributed by atoms with Gasteiger partial charge in [-0.3, -0.25) is 14.5 Å². The number of amides is 2. The van der Waals surface area contributed by atoms with Crippen LogP contribution in [-0.2, 0) is 16.1 Å². The summed E-state index contributed by atoms with van der Waals surface area (Å²) in [7, 11) is 0. The number of benzene rings is 3. The zero-order valence-electron chi connectivity index (χ0n) is 21.6. The molecule has 0 bridgehead atoms. The van der Waals surface area contributed by atoms with Crippen molar-refractivity contribution in [3.63, 3.8) is 0 Å². The number of carbonyl (C=O) groups excluding carboxylic acids is 2. The van der Waals surface area contributed by atoms with Gasteiger partial charge in [0.15, 0.2) is 0 Å². The topological polar surface area (TPSA) is 80.1 Å². The van der Waals surface area contributed by atoms with Gasteiger partial charge < -0.3 is 5.32 Å². The molecule has 8 heteroatoms. The highest BCUT2D eigenvalue weighted by atomic mass is 19.1. The highest BCUT2D eigenvalue weighted by Crippen LogP contribution is 2.30. The first kappa shape index (κ1) is 26.0. The zero-order chi connectivity index (χ0) is 26.5. The summed E-state index contributed by atoms with van der Waals surface area (Å²) < 4.78 is 15.4. The van der Waals surface area contributed by atoms with Gasteiger partial charge in [-0.1, -0.05) is 49.4 Å². The second kappa shape index (κ2) is 11.3. The highest BCUT2D eigenvalue weighted by Gasteiger charge is 2.33. The molecule has 2 amide bonds. The fourth-order valence-electron chi connectivity index (χ4n) is 4.19. The largest absolute Gasteiger partial charge is 0.354 e. The number of nitrogens with zero attached hydrogens (tertiary/aromatic N) is 4. The molecule has 0 unspecified atom stereocenters. The van der Waals surface area contributed by atoms with E-state index in [4.69, 9.17) is 0 Å². The van der Waals surface area contributed by atoms with Crippen LogP contribution in [-0.4, -0.2) is 33.4 Å². The van der Waals surface area contributed by atoms with Gasteiger partial charge in [0.1, 0.15) is 23.9 Å². The van der Waals surface area contributed by atoms with Gasteiger partial charge in [-0.25, -0.2) is 9.07 Å². The van der Waals surface area contributed by atoms with Crippen molar-refractivity contribution in [2.75, 3.05) is 11.4 Å². The molecule has 0 aliphatic heterocycles. The predicted octanol–water partition coefficient (Wildman–Crippen LogP) is 5.12. The Hall–Kier alpha value is -4.07. The van der Waals surface area contributed by atoms with E-state index in [0.717, 1.165) is 23.1 Å². The van der Waals surface area contributed by atoms with Gasteiger partial charge in [-0.15, -0.1) is 5.10 Å². The lowest BCUT2D eigenvalue weighted by Crippen LogP contribution is -2.45. The summed E-state index contributed by atoms with van der Waals surface area (Å²) in [5, 5.41) is 11.3. The van der Waals surface area contributed by atoms with Crippen LogP contribution in [0.5, 0.6) is 0 Å². The standard InChI is InChI=1S/C29H32FN5O2/c1-19(2)15-16-31-29(37)28(22-10-12-23(30)13-11-22)35(24-14-9-20(3)21(4)17-24)27(36)18-34-26-8-6-5-7-25(26)32-33-34/h5-14,17,19,28H,15-16,18H2,1-4H3,(H,31,37)/t28-/m0/s1. The van der Waals surface area contributed by atoms with Crippen molar-refractivity contribution in [2.24, 2.45) is 5.92 Å². The Morgan fingerprint density at radius 2 is 1.73 bits per heavy atom. The van der Waals surface area contributed by atoms with Crippen LogP contribution in [0.2, 0.25) is 0 Å². The van der Waals surface area contributed by atoms with Crippen LogP contribution in [0, 0.1) is 25.6 Å². The summed E-state index contributed by atoms with van der Waals surface area (Å²) in [5.74, 6) is -0.682. The van der Waals surface area contributed by atoms with E-state index >= 15 is 0 Å². The molecule has 0 spiro atoms. The first-order valence-corrected chi connectivity index (χ1v) is 12.5. The minimum atomic E-state index is -1.00. The normalized spacial score (nSPS) is 12.1. The van der Waals surface area contributed by atoms with E-state index in [9.17, 15) is 14.0 Å². The smallest absolute Gasteiger partial charge is 0.249 e. The van der Waals surface area contributed by atoms with E-state index in [1.807, 2.05) is 56.3 Å². The molecule has 0 saturated heterocycles. The average Bonchev–Trinajstić information content (AvgIpc) is 3.27. The molecule has 192 valence electrons. The second-order valence-electron chi connectivity index (χ2n) is 9.70. The molecule has 37 heavy (non-hydrogen) atoms. The molecule has 4 rings (SSSR count). The van der Waals surface area contributed by atoms with Gasteiger partial charge in [0, 0.05) is 12.2 Å². The summed E-state index contributed by atoms with van der Waals surface area (Å²) in [6.45, 7) is 8.46. The molecule has 0 aliphatic carbocycles. The number of rotatable bonds is 9. The lowest BCUT2D eigenvalue weighted by atomic mass is 10.0. The van der Waals surface area contributed by atoms with Crippen molar-refractivity contribution in [1.82, 2.24) is 20.3 Å². The van der Waals surface area contributed by atoms with Crippen molar-refractivity contribution in [3.8, 4) is 0 Å². The Bertz CT molecular complexity index is 1400. The number of fused-ring (bicyclic) bond motifs is 1. The molecule has 4 aromatic rings. The number of para-hydroxylation sites is 1. The monoisotopic (exact) mass is 501 g/mol. The van der Waals surface area contributed by atoms with Crippen LogP contribution in [0.25, 0.3) is 11.0 Å². The van der Waals surface area contributed by atoms with E-state index < -0.39 is 11.9 Å². The van der Waals surface area contributed by atoms with E-state index in [0.29, 0.717) is 29.2 Å². The fourth-order valence-corrected chi connectivity index (χ4v) is 4.19. The Labute approximate surface area is 216 Å². The second-order valence-corrected chi connectivity index (χ2v) is 9.70. The highest BCUT2D eigenvalue weighted by molar-refractivity contribution is 6.01. The third-order valence-corrected chi connectivity index (χ3v) is 6.46. The SMILES string of the molecule is Cc1ccc(N(C(=O)Cn2nnc3ccccc32)[C@H](C(=O)NCCC(C)C)c2ccc(F)cc2)cc1C. The van der Waals surface area contributed by atoms with Crippen LogP contribution >= 0.6 is 0 Å². The molecule has 1 aromatic heterocycles. The Kier molecular flexibility index (Phi) is 7.96. The van der Waals surface area contributed by atoms with Crippen molar-refractivity contribution in [3.05, 3.63) is 89.2 Å². The molecule has 0 radical (unpaired) electrons. The van der Waals surface area contributed by atoms with Gasteiger partial charge in [0.25, 0.3) is 0 Å². The molecule has 1 atom stereocenters. The Morgan fingerprint density at radius 3 is 2.43 bits per heavy atom. The van der Waals surface area contributed by atoms with Crippen molar-refractivity contribution < 1.29 is 14.0 Å². The number of hydrogen-bond donors (Lipinski definition) is 1. The first-order chi connectivity index (χ1) is 17.7. The van der Waals surface area contributed by atoms with E-state index in [1.165, 1.54) is 21.7 Å². The van der Waals surface area contributed by atoms with Crippen molar-refractivity contribution >= 4 is 28.5 Å². The molecule has 1 N–H and O–H groups in total. The lowest BCUT2D eigenvalue weighted by molar-refractivity contribution is -0.127. The van der Waals surface area contributed by atoms with Gasteiger partial charge in [-0.2, -0.15) is 0 Å². The van der Waals surface area contributed by atoms with E-state index in [2.05, 4.69) is 29.5 Å². The van der Waals surface area contributed by atoms with Crippen molar-refractivity contribution in [1.29, 1.82) is 0 Å². The maximum atomic E-state index is 14.0. The average molecular weight is 502 g/mol. The quantitative estimate of drug-likeness (QED) is 0.345. The molecule has 3 aromatic carbocycles. The summed E-state index contributed by atoms with van der Waals surface area (Å²) in [4.78, 5) is 29.2. The summed E-state index contributed by atoms with van der Waals surface area (Å²) in [5.41, 5.74) is 4.53. The van der Waals surface area contributed by atoms with E-state index in [1.54, 1.807) is 12.1 Å². The Morgan fingerprint density at radius 1 is 1.00 bits per heavy atom. The third kappa shape index (κ3) is 6.02. The van der Waals surface area contributed by atoms with Crippen LogP contribution in [0.15, 0.2) is 66.7 Å². The number of carbonyl (C=O) groups is 2. The molecule has 7 nitrogen and oxygen atoms in total. The zero-order valence-corrected chi connectivity index (χ0v) is 21.6. The van der Waals surface area contributed by atoms with Crippen LogP contribution < -0.4 is 10.2 Å². The molecule has 0 aliphatic rings. The molecular weight excluding hydrogens is 469 g/mol. The van der Waals surface area contributed by atoms with Gasteiger partial charge in [0.2, 0.25) is 11.8 Å². The molecule has 0 fully saturated rings. The van der Waals surface area contributed by atoms with Crippen molar-refractivity contribution in [2.45, 2.75) is 46.7 Å². The third-order valence-electron chi connectivity index (χ3n) is 6.46. The predicted molar refractivity (Wildman–Crippen MR) is 143 cm³/mol. The number of aryl methyl sites for hydroxylation is 2. The minimum Gasteiger partial charge on any atom is -0.354 e. The van der Waals surface area contributed by atoms with E-state index in [-0.39, 0.29) is 18.4 Å². The Balaban J connectivity index is 1.78. The van der Waals surface area contributed by atoms with Crippen LogP contribution in [0.4, 0.5) is 10.1 Å². The van der Waals surface area contributed by atoms with Crippen LogP contribution in [0.1, 0.15) is 43.0 Å². The molecule has 1 heterocycles. The number of hydrogen-bond acceptors (Lipinski definition) is 4. The number of nitrogens with one attached hydrogen (secondary N) is 1.